The van der Waals surface area contributed by atoms with E-state index >= 15 is 0 Å². The zero-order valence-corrected chi connectivity index (χ0v) is 23.0. The summed E-state index contributed by atoms with van der Waals surface area (Å²) in [5, 5.41) is 4.50. The van der Waals surface area contributed by atoms with Crippen molar-refractivity contribution in [2.24, 2.45) is 27.2 Å². The van der Waals surface area contributed by atoms with Crippen molar-refractivity contribution in [3.63, 3.8) is 0 Å². The molecule has 12 nitrogen and oxygen atoms in total. The molecule has 0 radical (unpaired) electrons. The first-order valence-electron chi connectivity index (χ1n) is 12.6. The minimum atomic E-state index is -0.668. The lowest BCUT2D eigenvalue weighted by Crippen LogP contribution is -2.38. The number of benzene rings is 2. The number of fused-ring (bicyclic) bond motifs is 1. The minimum Gasteiger partial charge on any atom is -0.493 e. The van der Waals surface area contributed by atoms with E-state index in [1.165, 1.54) is 5.56 Å². The summed E-state index contributed by atoms with van der Waals surface area (Å²) in [6.45, 7) is 5.47. The minimum absolute atomic E-state index is 0.0501. The summed E-state index contributed by atoms with van der Waals surface area (Å²) < 4.78 is 5.96. The fraction of sp³-hybridized carbons (Fsp3) is 0.346. The number of nitrogens with two attached hydrogens (primary N) is 5. The highest BCUT2D eigenvalue weighted by Gasteiger charge is 2.16. The van der Waals surface area contributed by atoms with Gasteiger partial charge in [0.05, 0.1) is 6.61 Å². The van der Waals surface area contributed by atoms with Crippen LogP contribution in [0.3, 0.4) is 0 Å². The average molecular weight is 557 g/mol. The number of aliphatic imine (C=N–C) groups is 2. The average Bonchev–Trinajstić information content (AvgIpc) is 2.92. The topological polar surface area (TPSA) is 219 Å². The zero-order chi connectivity index (χ0) is 28.8. The van der Waals surface area contributed by atoms with E-state index in [0.29, 0.717) is 26.1 Å². The molecule has 3 rings (SSSR count). The first-order chi connectivity index (χ1) is 18.8. The molecule has 0 saturated heterocycles. The fourth-order valence-electron chi connectivity index (χ4n) is 3.58. The van der Waals surface area contributed by atoms with Crippen molar-refractivity contribution in [3.8, 4) is 5.75 Å². The highest BCUT2D eigenvalue weighted by atomic mass is 35.5. The first kappa shape index (κ1) is 30.9. The van der Waals surface area contributed by atoms with Gasteiger partial charge in [-0.15, -0.1) is 0 Å². The molecule has 13 heteroatoms. The Kier molecular flexibility index (Phi) is 12.5. The molecule has 2 aromatic carbocycles. The largest absolute Gasteiger partial charge is 0.493 e. The number of hydrogen-bond donors (Lipinski definition) is 6. The lowest BCUT2D eigenvalue weighted by molar-refractivity contribution is 0.0972. The molecule has 0 unspecified atom stereocenters. The summed E-state index contributed by atoms with van der Waals surface area (Å²) in [5.74, 6) is -0.0286. The van der Waals surface area contributed by atoms with Gasteiger partial charge in [0.2, 0.25) is 0 Å². The highest BCUT2D eigenvalue weighted by molar-refractivity contribution is 6.31. The molecule has 0 aliphatic carbocycles. The second-order valence-electron chi connectivity index (χ2n) is 8.09. The van der Waals surface area contributed by atoms with Crippen LogP contribution in [-0.2, 0) is 6.42 Å². The molecule has 0 atom stereocenters. The number of rotatable bonds is 11. The first-order valence-corrected chi connectivity index (χ1v) is 13.0. The predicted octanol–water partition coefficient (Wildman–Crippen LogP) is 2.58. The van der Waals surface area contributed by atoms with Crippen LogP contribution in [-0.4, -0.2) is 47.5 Å². The van der Waals surface area contributed by atoms with Crippen LogP contribution in [0.4, 0.5) is 11.6 Å². The van der Waals surface area contributed by atoms with Crippen molar-refractivity contribution in [1.82, 2.24) is 15.3 Å². The van der Waals surface area contributed by atoms with E-state index in [4.69, 9.17) is 45.0 Å². The number of carbonyl (C=O) groups excluding carboxylic acids is 1. The smallest absolute Gasteiger partial charge is 0.280 e. The molecule has 0 spiro atoms. The number of nitrogen functional groups attached to an aromatic ring is 2. The molecule has 0 aliphatic rings. The van der Waals surface area contributed by atoms with Gasteiger partial charge >= 0.3 is 0 Å². The Morgan fingerprint density at radius 3 is 2.33 bits per heavy atom. The van der Waals surface area contributed by atoms with Gasteiger partial charge in [0, 0.05) is 24.9 Å². The van der Waals surface area contributed by atoms with E-state index in [1.807, 2.05) is 38.1 Å². The maximum absolute atomic E-state index is 12.3. The van der Waals surface area contributed by atoms with Gasteiger partial charge in [0.15, 0.2) is 34.4 Å². The molecule has 210 valence electrons. The van der Waals surface area contributed by atoms with Gasteiger partial charge in [-0.3, -0.25) is 20.1 Å². The van der Waals surface area contributed by atoms with Gasteiger partial charge in [0.25, 0.3) is 5.91 Å². The van der Waals surface area contributed by atoms with Crippen LogP contribution >= 0.6 is 11.6 Å². The number of amides is 1. The van der Waals surface area contributed by atoms with E-state index in [1.54, 1.807) is 0 Å². The number of aromatic nitrogens is 2. The van der Waals surface area contributed by atoms with E-state index in [2.05, 4.69) is 37.4 Å². The van der Waals surface area contributed by atoms with Crippen molar-refractivity contribution < 1.29 is 9.53 Å². The third kappa shape index (κ3) is 9.49. The second kappa shape index (κ2) is 15.8. The molecule has 0 saturated carbocycles. The Labute approximate surface area is 233 Å². The molecule has 11 N–H and O–H groups in total. The SMILES string of the molecule is CC.NC(N)=NCCCOc1ccc(CCCCN=C(N)NC(=O)c2nc(Cl)c(N)nc2N)c2ccccc12. The Hall–Kier alpha value is -4.32. The number of ether oxygens (including phenoxy) is 1. The third-order valence-corrected chi connectivity index (χ3v) is 5.60. The lowest BCUT2D eigenvalue weighted by Gasteiger charge is -2.12. The van der Waals surface area contributed by atoms with Crippen LogP contribution in [0.25, 0.3) is 10.8 Å². The van der Waals surface area contributed by atoms with Crippen molar-refractivity contribution in [2.45, 2.75) is 39.5 Å². The van der Waals surface area contributed by atoms with Crippen LogP contribution in [0.5, 0.6) is 5.75 Å². The number of anilines is 2. The van der Waals surface area contributed by atoms with E-state index in [9.17, 15) is 4.79 Å². The fourth-order valence-corrected chi connectivity index (χ4v) is 3.71. The summed E-state index contributed by atoms with van der Waals surface area (Å²) >= 11 is 5.81. The van der Waals surface area contributed by atoms with Crippen molar-refractivity contribution in [2.75, 3.05) is 31.2 Å². The number of carbonyl (C=O) groups is 1. The van der Waals surface area contributed by atoms with Gasteiger partial charge < -0.3 is 33.4 Å². The summed E-state index contributed by atoms with van der Waals surface area (Å²) in [5.41, 5.74) is 28.8. The van der Waals surface area contributed by atoms with E-state index in [0.717, 1.165) is 35.8 Å². The van der Waals surface area contributed by atoms with E-state index in [-0.39, 0.29) is 34.4 Å². The molecule has 1 amide bonds. The number of unbranched alkanes of at least 4 members (excludes halogenated alkanes) is 1. The standard InChI is InChI=1S/C24H31ClN10O2.C2H6/c25-19-21(27)34-20(26)18(33-19)22(36)35-24(30)32-11-4-3-6-14-9-10-17(16-8-2-1-7-15(14)16)37-13-5-12-31-23(28)29;1-2/h1-2,7-10H,3-6,11-13H2,(H4,26,27,34)(H4,28,29,31)(H3,30,32,35,36);1-2H3. The molecular formula is C26H37ClN10O2. The normalized spacial score (nSPS) is 10.9. The summed E-state index contributed by atoms with van der Waals surface area (Å²) in [6.07, 6.45) is 3.21. The third-order valence-electron chi connectivity index (χ3n) is 5.33. The van der Waals surface area contributed by atoms with Crippen LogP contribution < -0.4 is 38.7 Å². The second-order valence-corrected chi connectivity index (χ2v) is 8.45. The molecule has 39 heavy (non-hydrogen) atoms. The number of guanidine groups is 2. The van der Waals surface area contributed by atoms with Crippen LogP contribution in [0.1, 0.15) is 49.2 Å². The highest BCUT2D eigenvalue weighted by Crippen LogP contribution is 2.29. The predicted molar refractivity (Wildman–Crippen MR) is 159 cm³/mol. The molecular weight excluding hydrogens is 520 g/mol. The molecule has 1 aromatic heterocycles. The molecule has 0 aliphatic heterocycles. The molecule has 3 aromatic rings. The lowest BCUT2D eigenvalue weighted by atomic mass is 9.99. The molecule has 0 bridgehead atoms. The number of hydrogen-bond acceptors (Lipinski definition) is 8. The van der Waals surface area contributed by atoms with Gasteiger partial charge in [-0.05, 0) is 36.3 Å². The zero-order valence-electron chi connectivity index (χ0n) is 22.3. The Bertz CT molecular complexity index is 1310. The summed E-state index contributed by atoms with van der Waals surface area (Å²) in [6, 6.07) is 12.2. The van der Waals surface area contributed by atoms with Crippen LogP contribution in [0, 0.1) is 0 Å². The molecule has 0 fully saturated rings. The van der Waals surface area contributed by atoms with Gasteiger partial charge in [-0.25, -0.2) is 9.97 Å². The maximum Gasteiger partial charge on any atom is 0.280 e. The van der Waals surface area contributed by atoms with Crippen molar-refractivity contribution >= 4 is 51.8 Å². The van der Waals surface area contributed by atoms with Gasteiger partial charge in [0.1, 0.15) is 5.75 Å². The van der Waals surface area contributed by atoms with Crippen LogP contribution in [0.2, 0.25) is 5.15 Å². The number of nitrogens with one attached hydrogen (secondary N) is 1. The number of nitrogens with zero attached hydrogens (tertiary/aromatic N) is 4. The summed E-state index contributed by atoms with van der Waals surface area (Å²) in [7, 11) is 0. The Morgan fingerprint density at radius 1 is 0.923 bits per heavy atom. The van der Waals surface area contributed by atoms with Crippen molar-refractivity contribution in [1.29, 1.82) is 0 Å². The number of halogens is 1. The Morgan fingerprint density at radius 2 is 1.62 bits per heavy atom. The van der Waals surface area contributed by atoms with Crippen molar-refractivity contribution in [3.05, 3.63) is 52.8 Å². The number of aryl methyl sites for hydroxylation is 1. The Balaban J connectivity index is 0.00000260. The van der Waals surface area contributed by atoms with E-state index < -0.39 is 5.91 Å². The van der Waals surface area contributed by atoms with Gasteiger partial charge in [-0.1, -0.05) is 55.8 Å². The molecule has 1 heterocycles. The van der Waals surface area contributed by atoms with Crippen LogP contribution in [0.15, 0.2) is 46.4 Å². The maximum atomic E-state index is 12.3. The monoisotopic (exact) mass is 556 g/mol. The summed E-state index contributed by atoms with van der Waals surface area (Å²) in [4.78, 5) is 28.1. The quantitative estimate of drug-likeness (QED) is 0.116. The van der Waals surface area contributed by atoms with Gasteiger partial charge in [-0.2, -0.15) is 0 Å².